The van der Waals surface area contributed by atoms with E-state index in [1.54, 1.807) is 6.07 Å². The number of rotatable bonds is 9. The van der Waals surface area contributed by atoms with Crippen LogP contribution in [0.15, 0.2) is 18.2 Å². The molecule has 1 aromatic carbocycles. The Hall–Kier alpha value is -1.90. The maximum Gasteiger partial charge on any atom is 0.273 e. The number of aliphatic hydroxyl groups is 1. The molecular formula is C19H32N4O4. The van der Waals surface area contributed by atoms with Crippen LogP contribution in [0.1, 0.15) is 12.8 Å². The second kappa shape index (κ2) is 9.87. The monoisotopic (exact) mass is 380 g/mol. The highest BCUT2D eigenvalue weighted by atomic mass is 16.6. The molecule has 1 N–H and O–H groups in total. The van der Waals surface area contributed by atoms with Crippen molar-refractivity contribution in [3.8, 4) is 5.75 Å². The van der Waals surface area contributed by atoms with E-state index in [4.69, 9.17) is 4.74 Å². The van der Waals surface area contributed by atoms with E-state index in [0.29, 0.717) is 18.2 Å². The summed E-state index contributed by atoms with van der Waals surface area (Å²) in [4.78, 5) is 16.9. The average Bonchev–Trinajstić information content (AvgIpc) is 2.59. The first-order valence-electron chi connectivity index (χ1n) is 9.40. The number of nitro benzene ring substituents is 1. The van der Waals surface area contributed by atoms with Gasteiger partial charge >= 0.3 is 0 Å². The summed E-state index contributed by atoms with van der Waals surface area (Å²) < 4.78 is 5.75. The molecular weight excluding hydrogens is 348 g/mol. The third kappa shape index (κ3) is 6.64. The topological polar surface area (TPSA) is 82.3 Å². The fourth-order valence-electron chi connectivity index (χ4n) is 3.62. The fourth-order valence-corrected chi connectivity index (χ4v) is 3.62. The second-order valence-corrected chi connectivity index (χ2v) is 7.80. The summed E-state index contributed by atoms with van der Waals surface area (Å²) in [6, 6.07) is 4.53. The number of β-amino-alcohol motifs (C(OH)–C–C–N with tert-alkyl or cyclic N) is 1. The summed E-state index contributed by atoms with van der Waals surface area (Å²) in [6.07, 6.45) is 1.72. The van der Waals surface area contributed by atoms with E-state index in [0.717, 1.165) is 31.7 Å². The Morgan fingerprint density at radius 2 is 2.11 bits per heavy atom. The Labute approximate surface area is 161 Å². The summed E-state index contributed by atoms with van der Waals surface area (Å²) in [5.41, 5.74) is 0.726. The zero-order valence-electron chi connectivity index (χ0n) is 16.8. The van der Waals surface area contributed by atoms with Crippen molar-refractivity contribution >= 4 is 11.4 Å². The summed E-state index contributed by atoms with van der Waals surface area (Å²) in [6.45, 7) is 3.69. The van der Waals surface area contributed by atoms with Crippen LogP contribution in [0.2, 0.25) is 0 Å². The Morgan fingerprint density at radius 3 is 2.74 bits per heavy atom. The van der Waals surface area contributed by atoms with Crippen molar-refractivity contribution in [1.29, 1.82) is 0 Å². The number of nitrogens with zero attached hydrogens (tertiary/aromatic N) is 4. The van der Waals surface area contributed by atoms with Gasteiger partial charge in [0, 0.05) is 39.8 Å². The molecule has 0 amide bonds. The molecule has 1 heterocycles. The molecule has 0 bridgehead atoms. The van der Waals surface area contributed by atoms with Gasteiger partial charge in [-0.1, -0.05) is 0 Å². The molecule has 0 aliphatic carbocycles. The van der Waals surface area contributed by atoms with Crippen LogP contribution in [0.5, 0.6) is 5.75 Å². The molecule has 8 nitrogen and oxygen atoms in total. The van der Waals surface area contributed by atoms with Gasteiger partial charge < -0.3 is 24.5 Å². The van der Waals surface area contributed by atoms with Crippen LogP contribution in [0.4, 0.5) is 11.4 Å². The van der Waals surface area contributed by atoms with Crippen LogP contribution in [-0.2, 0) is 0 Å². The van der Waals surface area contributed by atoms with Crippen molar-refractivity contribution in [2.75, 3.05) is 65.9 Å². The molecule has 1 saturated heterocycles. The predicted molar refractivity (Wildman–Crippen MR) is 107 cm³/mol. The lowest BCUT2D eigenvalue weighted by Gasteiger charge is -2.35. The molecule has 2 atom stereocenters. The van der Waals surface area contributed by atoms with E-state index >= 15 is 0 Å². The number of likely N-dealkylation sites (tertiary alicyclic amines) is 1. The first-order valence-corrected chi connectivity index (χ1v) is 9.40. The minimum Gasteiger partial charge on any atom is -0.488 e. The summed E-state index contributed by atoms with van der Waals surface area (Å²) >= 11 is 0. The van der Waals surface area contributed by atoms with E-state index in [1.807, 2.05) is 19.0 Å². The molecule has 0 radical (unpaired) electrons. The van der Waals surface area contributed by atoms with Gasteiger partial charge in [0.2, 0.25) is 0 Å². The molecule has 2 unspecified atom stereocenters. The first kappa shape index (κ1) is 21.4. The number of ether oxygens (including phenoxy) is 1. The number of piperidine rings is 1. The van der Waals surface area contributed by atoms with Gasteiger partial charge in [-0.05, 0) is 45.5 Å². The standard InChI is InChI=1S/C19H32N4O4/c1-20(2)11-15-6-5-9-22(12-15)13-17(24)14-27-19-10-16(23(25)26)7-8-18(19)21(3)4/h7-8,10,15,17,24H,5-6,9,11-14H2,1-4H3. The van der Waals surface area contributed by atoms with Gasteiger partial charge in [0.1, 0.15) is 18.5 Å². The highest BCUT2D eigenvalue weighted by Crippen LogP contribution is 2.31. The molecule has 8 heteroatoms. The van der Waals surface area contributed by atoms with Gasteiger partial charge in [-0.15, -0.1) is 0 Å². The molecule has 2 rings (SSSR count). The molecule has 152 valence electrons. The first-order chi connectivity index (χ1) is 12.8. The number of hydrogen-bond donors (Lipinski definition) is 1. The van der Waals surface area contributed by atoms with Crippen molar-refractivity contribution in [2.45, 2.75) is 18.9 Å². The second-order valence-electron chi connectivity index (χ2n) is 7.80. The van der Waals surface area contributed by atoms with Crippen LogP contribution >= 0.6 is 0 Å². The van der Waals surface area contributed by atoms with Crippen LogP contribution in [0, 0.1) is 16.0 Å². The highest BCUT2D eigenvalue weighted by Gasteiger charge is 2.23. The van der Waals surface area contributed by atoms with E-state index in [1.165, 1.54) is 18.6 Å². The molecule has 1 aliphatic heterocycles. The molecule has 0 spiro atoms. The summed E-state index contributed by atoms with van der Waals surface area (Å²) in [5, 5.41) is 21.4. The van der Waals surface area contributed by atoms with Crippen LogP contribution in [-0.4, -0.2) is 86.9 Å². The van der Waals surface area contributed by atoms with Crippen LogP contribution in [0.25, 0.3) is 0 Å². The largest absolute Gasteiger partial charge is 0.488 e. The quantitative estimate of drug-likeness (QED) is 0.515. The lowest BCUT2D eigenvalue weighted by atomic mass is 9.97. The summed E-state index contributed by atoms with van der Waals surface area (Å²) in [5.74, 6) is 1.04. The molecule has 27 heavy (non-hydrogen) atoms. The molecule has 0 aromatic heterocycles. The molecule has 0 saturated carbocycles. The number of hydrogen-bond acceptors (Lipinski definition) is 7. The number of nitro groups is 1. The zero-order chi connectivity index (χ0) is 20.0. The minimum atomic E-state index is -0.641. The lowest BCUT2D eigenvalue weighted by molar-refractivity contribution is -0.384. The third-order valence-electron chi connectivity index (χ3n) is 4.76. The molecule has 1 aromatic rings. The molecule has 1 fully saturated rings. The Kier molecular flexibility index (Phi) is 7.82. The maximum absolute atomic E-state index is 11.0. The van der Waals surface area contributed by atoms with Crippen molar-refractivity contribution in [1.82, 2.24) is 9.80 Å². The molecule has 1 aliphatic rings. The highest BCUT2D eigenvalue weighted by molar-refractivity contribution is 5.61. The summed E-state index contributed by atoms with van der Waals surface area (Å²) in [7, 11) is 7.87. The number of aliphatic hydroxyl groups excluding tert-OH is 1. The van der Waals surface area contributed by atoms with E-state index in [9.17, 15) is 15.2 Å². The number of anilines is 1. The van der Waals surface area contributed by atoms with E-state index in [-0.39, 0.29) is 12.3 Å². The van der Waals surface area contributed by atoms with Gasteiger partial charge in [0.05, 0.1) is 16.7 Å². The van der Waals surface area contributed by atoms with Crippen LogP contribution < -0.4 is 9.64 Å². The van der Waals surface area contributed by atoms with Gasteiger partial charge in [0.15, 0.2) is 0 Å². The van der Waals surface area contributed by atoms with Crippen molar-refractivity contribution in [3.05, 3.63) is 28.3 Å². The Morgan fingerprint density at radius 1 is 1.37 bits per heavy atom. The average molecular weight is 380 g/mol. The third-order valence-corrected chi connectivity index (χ3v) is 4.76. The number of benzene rings is 1. The predicted octanol–water partition coefficient (Wildman–Crippen LogP) is 1.67. The van der Waals surface area contributed by atoms with E-state index in [2.05, 4.69) is 23.9 Å². The normalized spacial score (nSPS) is 19.1. The van der Waals surface area contributed by atoms with Gasteiger partial charge in [-0.25, -0.2) is 0 Å². The van der Waals surface area contributed by atoms with Crippen LogP contribution in [0.3, 0.4) is 0 Å². The van der Waals surface area contributed by atoms with Crippen molar-refractivity contribution < 1.29 is 14.8 Å². The SMILES string of the molecule is CN(C)CC1CCCN(CC(O)COc2cc([N+](=O)[O-])ccc2N(C)C)C1. The van der Waals surface area contributed by atoms with Gasteiger partial charge in [0.25, 0.3) is 5.69 Å². The minimum absolute atomic E-state index is 0.0207. The number of non-ortho nitro benzene ring substituents is 1. The lowest BCUT2D eigenvalue weighted by Crippen LogP contribution is -2.44. The smallest absolute Gasteiger partial charge is 0.273 e. The fraction of sp³-hybridized carbons (Fsp3) is 0.684. The van der Waals surface area contributed by atoms with Crippen molar-refractivity contribution in [3.63, 3.8) is 0 Å². The van der Waals surface area contributed by atoms with Gasteiger partial charge in [-0.3, -0.25) is 10.1 Å². The van der Waals surface area contributed by atoms with Crippen molar-refractivity contribution in [2.24, 2.45) is 5.92 Å². The van der Waals surface area contributed by atoms with Gasteiger partial charge in [-0.2, -0.15) is 0 Å². The Bertz CT molecular complexity index is 624. The Balaban J connectivity index is 1.92. The van der Waals surface area contributed by atoms with E-state index < -0.39 is 11.0 Å². The zero-order valence-corrected chi connectivity index (χ0v) is 16.8. The maximum atomic E-state index is 11.0.